The molecule has 0 bridgehead atoms. The number of hydrogen-bond donors (Lipinski definition) is 1. The van der Waals surface area contributed by atoms with Crippen LogP contribution in [0.4, 0.5) is 0 Å². The lowest BCUT2D eigenvalue weighted by Gasteiger charge is -2.36. The SMILES string of the molecule is O=C(N[C@@H]1CCOC1)c1cc(Cl)ccc1OC1CCN(C2CCCC2)CC1. The molecule has 1 saturated carbocycles. The van der Waals surface area contributed by atoms with Crippen LogP contribution in [0.2, 0.25) is 5.02 Å². The Bertz CT molecular complexity index is 649. The van der Waals surface area contributed by atoms with Crippen LogP contribution in [0.15, 0.2) is 18.2 Å². The van der Waals surface area contributed by atoms with E-state index >= 15 is 0 Å². The summed E-state index contributed by atoms with van der Waals surface area (Å²) in [6.45, 7) is 3.44. The van der Waals surface area contributed by atoms with Crippen LogP contribution in [0.25, 0.3) is 0 Å². The van der Waals surface area contributed by atoms with Crippen molar-refractivity contribution in [1.29, 1.82) is 0 Å². The Morgan fingerprint density at radius 1 is 1.15 bits per heavy atom. The van der Waals surface area contributed by atoms with E-state index in [4.69, 9.17) is 21.1 Å². The maximum atomic E-state index is 12.7. The summed E-state index contributed by atoms with van der Waals surface area (Å²) in [7, 11) is 0. The van der Waals surface area contributed by atoms with Gasteiger partial charge < -0.3 is 19.7 Å². The van der Waals surface area contributed by atoms with Crippen LogP contribution in [0.1, 0.15) is 55.3 Å². The molecular weight excluding hydrogens is 364 g/mol. The van der Waals surface area contributed by atoms with Crippen molar-refractivity contribution in [2.75, 3.05) is 26.3 Å². The summed E-state index contributed by atoms with van der Waals surface area (Å²) in [6.07, 6.45) is 8.46. The molecule has 1 atom stereocenters. The Morgan fingerprint density at radius 2 is 1.93 bits per heavy atom. The Morgan fingerprint density at radius 3 is 2.63 bits per heavy atom. The zero-order valence-electron chi connectivity index (χ0n) is 15.8. The number of nitrogens with one attached hydrogen (secondary N) is 1. The molecule has 2 saturated heterocycles. The molecule has 3 aliphatic rings. The van der Waals surface area contributed by atoms with Gasteiger partial charge in [-0.25, -0.2) is 0 Å². The molecule has 1 N–H and O–H groups in total. The average molecular weight is 393 g/mol. The third-order valence-electron chi connectivity index (χ3n) is 6.06. The molecule has 2 aliphatic heterocycles. The van der Waals surface area contributed by atoms with Crippen LogP contribution >= 0.6 is 11.6 Å². The summed E-state index contributed by atoms with van der Waals surface area (Å²) in [5.41, 5.74) is 0.521. The van der Waals surface area contributed by atoms with E-state index in [1.165, 1.54) is 25.7 Å². The summed E-state index contributed by atoms with van der Waals surface area (Å²) in [4.78, 5) is 15.4. The number of carbonyl (C=O) groups is 1. The van der Waals surface area contributed by atoms with Crippen LogP contribution in [-0.2, 0) is 4.74 Å². The zero-order chi connectivity index (χ0) is 18.6. The molecule has 6 heteroatoms. The van der Waals surface area contributed by atoms with Crippen molar-refractivity contribution < 1.29 is 14.3 Å². The predicted octanol–water partition coefficient (Wildman–Crippen LogP) is 3.64. The molecular formula is C21H29ClN2O3. The standard InChI is InChI=1S/C21H29ClN2O3/c22-15-5-6-20(19(13-15)21(25)23-16-9-12-26-14-16)27-18-7-10-24(11-8-18)17-3-1-2-4-17/h5-6,13,16-18H,1-4,7-12,14H2,(H,23,25)/t16-/m1/s1. The highest BCUT2D eigenvalue weighted by molar-refractivity contribution is 6.31. The highest BCUT2D eigenvalue weighted by Crippen LogP contribution is 2.29. The number of nitrogens with zero attached hydrogens (tertiary/aromatic N) is 1. The van der Waals surface area contributed by atoms with Crippen LogP contribution in [-0.4, -0.2) is 55.3 Å². The van der Waals surface area contributed by atoms with Gasteiger partial charge in [-0.3, -0.25) is 4.79 Å². The minimum absolute atomic E-state index is 0.0685. The van der Waals surface area contributed by atoms with Crippen molar-refractivity contribution in [1.82, 2.24) is 10.2 Å². The van der Waals surface area contributed by atoms with Crippen molar-refractivity contribution in [2.45, 2.75) is 63.1 Å². The molecule has 4 rings (SSSR count). The van der Waals surface area contributed by atoms with E-state index in [0.717, 1.165) is 38.4 Å². The topological polar surface area (TPSA) is 50.8 Å². The molecule has 0 aromatic heterocycles. The third-order valence-corrected chi connectivity index (χ3v) is 6.30. The molecule has 0 radical (unpaired) electrons. The second kappa shape index (κ2) is 8.80. The molecule has 1 amide bonds. The Labute approximate surface area is 166 Å². The maximum Gasteiger partial charge on any atom is 0.255 e. The number of hydrogen-bond acceptors (Lipinski definition) is 4. The molecule has 1 aromatic rings. The lowest BCUT2D eigenvalue weighted by atomic mass is 10.0. The largest absolute Gasteiger partial charge is 0.489 e. The van der Waals surface area contributed by atoms with Gasteiger partial charge in [-0.05, 0) is 50.3 Å². The number of piperidine rings is 1. The van der Waals surface area contributed by atoms with Crippen molar-refractivity contribution in [3.8, 4) is 5.75 Å². The van der Waals surface area contributed by atoms with Crippen molar-refractivity contribution in [3.63, 3.8) is 0 Å². The molecule has 5 nitrogen and oxygen atoms in total. The van der Waals surface area contributed by atoms with Gasteiger partial charge in [0.2, 0.25) is 0 Å². The van der Waals surface area contributed by atoms with E-state index in [0.29, 0.717) is 29.5 Å². The summed E-state index contributed by atoms with van der Waals surface area (Å²) < 4.78 is 11.6. The summed E-state index contributed by atoms with van der Waals surface area (Å²) in [6, 6.07) is 6.16. The highest BCUT2D eigenvalue weighted by Gasteiger charge is 2.29. The molecule has 1 aromatic carbocycles. The molecule has 0 unspecified atom stereocenters. The van der Waals surface area contributed by atoms with Crippen LogP contribution in [0, 0.1) is 0 Å². The second-order valence-electron chi connectivity index (χ2n) is 7.97. The first-order valence-electron chi connectivity index (χ1n) is 10.3. The monoisotopic (exact) mass is 392 g/mol. The number of halogens is 1. The van der Waals surface area contributed by atoms with Crippen molar-refractivity contribution in [2.24, 2.45) is 0 Å². The Hall–Kier alpha value is -1.30. The van der Waals surface area contributed by atoms with Crippen LogP contribution in [0.5, 0.6) is 5.75 Å². The first kappa shape index (κ1) is 19.0. The second-order valence-corrected chi connectivity index (χ2v) is 8.40. The molecule has 1 aliphatic carbocycles. The fourth-order valence-corrected chi connectivity index (χ4v) is 4.67. The summed E-state index contributed by atoms with van der Waals surface area (Å²) in [5.74, 6) is 0.501. The third kappa shape index (κ3) is 4.76. The number of carbonyl (C=O) groups excluding carboxylic acids is 1. The van der Waals surface area contributed by atoms with Gasteiger partial charge in [0.05, 0.1) is 18.2 Å². The van der Waals surface area contributed by atoms with Gasteiger partial charge in [-0.15, -0.1) is 0 Å². The minimum atomic E-state index is -0.133. The minimum Gasteiger partial charge on any atom is -0.489 e. The van der Waals surface area contributed by atoms with Gasteiger partial charge >= 0.3 is 0 Å². The first-order chi connectivity index (χ1) is 13.2. The number of rotatable bonds is 5. The van der Waals surface area contributed by atoms with E-state index in [9.17, 15) is 4.79 Å². The van der Waals surface area contributed by atoms with E-state index in [2.05, 4.69) is 10.2 Å². The van der Waals surface area contributed by atoms with Gasteiger partial charge in [0.25, 0.3) is 5.91 Å². The predicted molar refractivity (Wildman–Crippen MR) is 106 cm³/mol. The van der Waals surface area contributed by atoms with E-state index in [1.54, 1.807) is 12.1 Å². The Kier molecular flexibility index (Phi) is 6.21. The quantitative estimate of drug-likeness (QED) is 0.831. The summed E-state index contributed by atoms with van der Waals surface area (Å²) in [5, 5.41) is 3.58. The molecule has 27 heavy (non-hydrogen) atoms. The number of benzene rings is 1. The van der Waals surface area contributed by atoms with Crippen molar-refractivity contribution in [3.05, 3.63) is 28.8 Å². The molecule has 2 heterocycles. The zero-order valence-corrected chi connectivity index (χ0v) is 16.5. The van der Waals surface area contributed by atoms with Gasteiger partial charge in [-0.2, -0.15) is 0 Å². The maximum absolute atomic E-state index is 12.7. The smallest absolute Gasteiger partial charge is 0.255 e. The molecule has 3 fully saturated rings. The van der Waals surface area contributed by atoms with Crippen LogP contribution in [0.3, 0.4) is 0 Å². The van der Waals surface area contributed by atoms with Gasteiger partial charge in [-0.1, -0.05) is 24.4 Å². The van der Waals surface area contributed by atoms with E-state index in [1.807, 2.05) is 6.07 Å². The molecule has 0 spiro atoms. The number of ether oxygens (including phenoxy) is 2. The fraction of sp³-hybridized carbons (Fsp3) is 0.667. The first-order valence-corrected chi connectivity index (χ1v) is 10.7. The fourth-order valence-electron chi connectivity index (χ4n) is 4.50. The normalized spacial score (nSPS) is 25.0. The van der Waals surface area contributed by atoms with Gasteiger partial charge in [0.15, 0.2) is 0 Å². The van der Waals surface area contributed by atoms with Crippen LogP contribution < -0.4 is 10.1 Å². The van der Waals surface area contributed by atoms with Gasteiger partial charge in [0.1, 0.15) is 11.9 Å². The van der Waals surface area contributed by atoms with E-state index in [-0.39, 0.29) is 18.1 Å². The average Bonchev–Trinajstić information content (AvgIpc) is 3.38. The highest BCUT2D eigenvalue weighted by atomic mass is 35.5. The van der Waals surface area contributed by atoms with Crippen molar-refractivity contribution >= 4 is 17.5 Å². The lowest BCUT2D eigenvalue weighted by molar-refractivity contribution is 0.0748. The number of likely N-dealkylation sites (tertiary alicyclic amines) is 1. The van der Waals surface area contributed by atoms with Gasteiger partial charge in [0, 0.05) is 30.8 Å². The van der Waals surface area contributed by atoms with E-state index < -0.39 is 0 Å². The Balaban J connectivity index is 1.37. The molecule has 148 valence electrons. The summed E-state index contributed by atoms with van der Waals surface area (Å²) >= 11 is 6.15. The number of amides is 1. The lowest BCUT2D eigenvalue weighted by Crippen LogP contribution is -2.43.